The molecular weight excluding hydrogens is 591 g/mol. The predicted octanol–water partition coefficient (Wildman–Crippen LogP) is 3.67. The smallest absolute Gasteiger partial charge is 0.426 e. The van der Waals surface area contributed by atoms with E-state index in [1.165, 1.54) is 0 Å². The molecule has 0 aliphatic rings. The molecule has 0 unspecified atom stereocenters. The highest BCUT2D eigenvalue weighted by Gasteiger charge is 2.31. The molecule has 0 radical (unpaired) electrons. The van der Waals surface area contributed by atoms with Gasteiger partial charge in [-0.05, 0) is 38.7 Å². The second-order valence-corrected chi connectivity index (χ2v) is 12.6. The van der Waals surface area contributed by atoms with Gasteiger partial charge < -0.3 is 24.8 Å². The van der Waals surface area contributed by atoms with Crippen molar-refractivity contribution < 1.29 is 38.2 Å². The minimum atomic E-state index is -1.85. The third-order valence-corrected chi connectivity index (χ3v) is 4.94. The van der Waals surface area contributed by atoms with E-state index in [2.05, 4.69) is 20.8 Å². The Kier molecular flexibility index (Phi) is 14.3. The molecule has 0 spiro atoms. The number of hydrogen-bond donors (Lipinski definition) is 4. The van der Waals surface area contributed by atoms with Gasteiger partial charge in [-0.1, -0.05) is 79.0 Å². The van der Waals surface area contributed by atoms with Crippen molar-refractivity contribution in [2.24, 2.45) is 5.92 Å². The summed E-state index contributed by atoms with van der Waals surface area (Å²) >= 11 is 16.5. The number of rotatable bonds is 11. The molecule has 4 N–H and O–H groups in total. The Labute approximate surface area is 248 Å². The third kappa shape index (κ3) is 16.2. The number of benzene rings is 1. The van der Waals surface area contributed by atoms with Gasteiger partial charge in [0.05, 0.1) is 6.42 Å². The summed E-state index contributed by atoms with van der Waals surface area (Å²) in [6, 6.07) is 6.26. The van der Waals surface area contributed by atoms with E-state index in [1.807, 2.05) is 11.5 Å². The van der Waals surface area contributed by atoms with Gasteiger partial charge in [-0.25, -0.2) is 15.0 Å². The van der Waals surface area contributed by atoms with Crippen molar-refractivity contribution in [1.82, 2.24) is 21.5 Å². The van der Waals surface area contributed by atoms with E-state index in [0.29, 0.717) is 0 Å². The van der Waals surface area contributed by atoms with Crippen LogP contribution in [0.5, 0.6) is 0 Å². The first-order valence-corrected chi connectivity index (χ1v) is 13.4. The molecule has 1 aromatic carbocycles. The summed E-state index contributed by atoms with van der Waals surface area (Å²) in [5.41, 5.74) is 3.94. The van der Waals surface area contributed by atoms with Crippen LogP contribution in [-0.2, 0) is 35.2 Å². The van der Waals surface area contributed by atoms with Gasteiger partial charge in [-0.3, -0.25) is 19.8 Å². The van der Waals surface area contributed by atoms with Crippen molar-refractivity contribution >= 4 is 64.8 Å². The molecule has 0 fully saturated rings. The normalized spacial score (nSPS) is 12.9. The molecule has 0 aromatic heterocycles. The number of esters is 1. The number of nitrogens with one attached hydrogen (secondary N) is 4. The molecule has 12 nitrogen and oxygen atoms in total. The van der Waals surface area contributed by atoms with Gasteiger partial charge in [0.25, 0.3) is 5.91 Å². The largest absolute Gasteiger partial charge is 0.461 e. The van der Waals surface area contributed by atoms with E-state index < -0.39 is 64.5 Å². The number of alkyl carbamates (subject to hydrolysis) is 1. The lowest BCUT2D eigenvalue weighted by molar-refractivity contribution is -0.147. The van der Waals surface area contributed by atoms with Crippen molar-refractivity contribution in [1.29, 1.82) is 0 Å². The maximum absolute atomic E-state index is 13.2. The van der Waals surface area contributed by atoms with Crippen molar-refractivity contribution in [3.05, 3.63) is 35.9 Å². The average Bonchev–Trinajstić information content (AvgIpc) is 2.82. The average molecular weight is 626 g/mol. The molecule has 0 aliphatic carbocycles. The monoisotopic (exact) mass is 624 g/mol. The fourth-order valence-electron chi connectivity index (χ4n) is 2.98. The minimum absolute atomic E-state index is 0.0428. The van der Waals surface area contributed by atoms with Gasteiger partial charge in [-0.15, -0.1) is 0 Å². The number of hydrazine groups is 1. The first-order valence-electron chi connectivity index (χ1n) is 12.2. The molecule has 40 heavy (non-hydrogen) atoms. The standard InChI is InChI=1S/C25H35Cl3N4O8/c1-15(2)11-17(21(35)31-32-23(37)39-14-25(26,27)28)29-20(34)18(30-22(36)40-24(3,4)5)12-19(33)38-13-16-9-7-6-8-10-16/h6-10,15,17-18H,11-14H2,1-5H3,(H,29,34)(H,30,36)(H,31,35)(H,32,37)/t17-,18+/m1/s1. The predicted molar refractivity (Wildman–Crippen MR) is 148 cm³/mol. The van der Waals surface area contributed by atoms with Crippen LogP contribution in [0.3, 0.4) is 0 Å². The summed E-state index contributed by atoms with van der Waals surface area (Å²) in [7, 11) is 0. The molecule has 224 valence electrons. The fraction of sp³-hybridized carbons (Fsp3) is 0.560. The van der Waals surface area contributed by atoms with Gasteiger partial charge in [-0.2, -0.15) is 0 Å². The van der Waals surface area contributed by atoms with Crippen LogP contribution in [0.4, 0.5) is 9.59 Å². The van der Waals surface area contributed by atoms with Crippen molar-refractivity contribution in [3.63, 3.8) is 0 Å². The Morgan fingerprint density at radius 1 is 0.825 bits per heavy atom. The molecule has 2 atom stereocenters. The van der Waals surface area contributed by atoms with Crippen LogP contribution in [0.1, 0.15) is 53.0 Å². The lowest BCUT2D eigenvalue weighted by Crippen LogP contribution is -2.57. The molecule has 0 saturated heterocycles. The zero-order valence-corrected chi connectivity index (χ0v) is 25.1. The molecule has 4 amide bonds. The summed E-state index contributed by atoms with van der Waals surface area (Å²) in [4.78, 5) is 62.6. The summed E-state index contributed by atoms with van der Waals surface area (Å²) in [6.45, 7) is 7.86. The number of carbonyl (C=O) groups is 5. The van der Waals surface area contributed by atoms with Crippen LogP contribution >= 0.6 is 34.8 Å². The second kappa shape index (κ2) is 16.3. The fourth-order valence-corrected chi connectivity index (χ4v) is 3.14. The lowest BCUT2D eigenvalue weighted by Gasteiger charge is -2.25. The maximum Gasteiger partial charge on any atom is 0.426 e. The van der Waals surface area contributed by atoms with Crippen LogP contribution in [0, 0.1) is 5.92 Å². The number of halogens is 3. The zero-order valence-electron chi connectivity index (χ0n) is 22.8. The summed E-state index contributed by atoms with van der Waals surface area (Å²) in [5.74, 6) is -2.53. The Bertz CT molecular complexity index is 1010. The van der Waals surface area contributed by atoms with E-state index in [-0.39, 0.29) is 18.9 Å². The van der Waals surface area contributed by atoms with Gasteiger partial charge in [0, 0.05) is 0 Å². The molecular formula is C25H35Cl3N4O8. The Morgan fingerprint density at radius 2 is 1.45 bits per heavy atom. The molecule has 0 heterocycles. The molecule has 0 saturated carbocycles. The number of hydrogen-bond acceptors (Lipinski definition) is 8. The second-order valence-electron chi connectivity index (χ2n) is 10.0. The molecule has 1 aromatic rings. The van der Waals surface area contributed by atoms with Crippen molar-refractivity contribution in [3.8, 4) is 0 Å². The highest BCUT2D eigenvalue weighted by Crippen LogP contribution is 2.25. The molecule has 0 aliphatic heterocycles. The van der Waals surface area contributed by atoms with E-state index >= 15 is 0 Å². The number of ether oxygens (including phenoxy) is 3. The zero-order chi connectivity index (χ0) is 30.5. The first kappa shape index (κ1) is 35.1. The van der Waals surface area contributed by atoms with Crippen LogP contribution in [0.25, 0.3) is 0 Å². The summed E-state index contributed by atoms with van der Waals surface area (Å²) in [5, 5.41) is 4.84. The maximum atomic E-state index is 13.2. The van der Waals surface area contributed by atoms with E-state index in [0.717, 1.165) is 5.56 Å². The van der Waals surface area contributed by atoms with E-state index in [1.54, 1.807) is 58.9 Å². The summed E-state index contributed by atoms with van der Waals surface area (Å²) < 4.78 is 13.3. The van der Waals surface area contributed by atoms with Crippen LogP contribution in [-0.4, -0.2) is 58.1 Å². The van der Waals surface area contributed by atoms with Crippen LogP contribution in [0.2, 0.25) is 0 Å². The third-order valence-electron chi connectivity index (χ3n) is 4.62. The first-order chi connectivity index (χ1) is 18.4. The van der Waals surface area contributed by atoms with Gasteiger partial charge >= 0.3 is 18.2 Å². The topological polar surface area (TPSA) is 161 Å². The van der Waals surface area contributed by atoms with Gasteiger partial charge in [0.2, 0.25) is 9.70 Å². The summed E-state index contributed by atoms with van der Waals surface area (Å²) in [6.07, 6.45) is -2.47. The number of carbonyl (C=O) groups excluding carboxylic acids is 5. The van der Waals surface area contributed by atoms with E-state index in [9.17, 15) is 24.0 Å². The molecule has 0 bridgehead atoms. The Balaban J connectivity index is 2.93. The van der Waals surface area contributed by atoms with Crippen LogP contribution < -0.4 is 21.5 Å². The SMILES string of the molecule is CC(C)C[C@@H](NC(=O)[C@H](CC(=O)OCc1ccccc1)NC(=O)OC(C)(C)C)C(=O)NNC(=O)OCC(Cl)(Cl)Cl. The highest BCUT2D eigenvalue weighted by molar-refractivity contribution is 6.67. The Hall–Kier alpha value is -2.96. The van der Waals surface area contributed by atoms with E-state index in [4.69, 9.17) is 44.3 Å². The Morgan fingerprint density at radius 3 is 2.00 bits per heavy atom. The minimum Gasteiger partial charge on any atom is -0.461 e. The quantitative estimate of drug-likeness (QED) is 0.125. The lowest BCUT2D eigenvalue weighted by atomic mass is 10.0. The van der Waals surface area contributed by atoms with Crippen molar-refractivity contribution in [2.45, 2.75) is 75.5 Å². The highest BCUT2D eigenvalue weighted by atomic mass is 35.6. The molecule has 15 heteroatoms. The molecule has 1 rings (SSSR count). The number of amides is 4. The van der Waals surface area contributed by atoms with Gasteiger partial charge in [0.1, 0.15) is 30.9 Å². The number of alkyl halides is 3. The van der Waals surface area contributed by atoms with Gasteiger partial charge in [0.15, 0.2) is 0 Å². The van der Waals surface area contributed by atoms with Crippen LogP contribution in [0.15, 0.2) is 30.3 Å². The van der Waals surface area contributed by atoms with Crippen molar-refractivity contribution in [2.75, 3.05) is 6.61 Å².